The zero-order valence-electron chi connectivity index (χ0n) is 25.9. The number of furan rings is 1. The van der Waals surface area contributed by atoms with Crippen LogP contribution >= 0.6 is 0 Å². The zero-order valence-corrected chi connectivity index (χ0v) is 25.9. The molecule has 1 aromatic rings. The molecule has 10 nitrogen and oxygen atoms in total. The predicted molar refractivity (Wildman–Crippen MR) is 152 cm³/mol. The van der Waals surface area contributed by atoms with Gasteiger partial charge in [0.1, 0.15) is 24.6 Å². The molecule has 234 valence electrons. The van der Waals surface area contributed by atoms with Gasteiger partial charge in [-0.3, -0.25) is 9.59 Å². The van der Waals surface area contributed by atoms with Gasteiger partial charge >= 0.3 is 17.9 Å². The summed E-state index contributed by atoms with van der Waals surface area (Å²) in [6, 6.07) is 1.92. The first-order valence-corrected chi connectivity index (χ1v) is 14.8. The van der Waals surface area contributed by atoms with E-state index in [1.165, 1.54) is 21.0 Å². The van der Waals surface area contributed by atoms with Gasteiger partial charge < -0.3 is 33.3 Å². The molecule has 0 amide bonds. The second-order valence-corrected chi connectivity index (χ2v) is 13.4. The van der Waals surface area contributed by atoms with Crippen LogP contribution in [-0.2, 0) is 38.1 Å². The average Bonchev–Trinajstić information content (AvgIpc) is 3.66. The normalized spacial score (nSPS) is 41.5. The highest BCUT2D eigenvalue weighted by Crippen LogP contribution is 2.72. The fourth-order valence-electron chi connectivity index (χ4n) is 9.30. The molecule has 10 heteroatoms. The van der Waals surface area contributed by atoms with Crippen molar-refractivity contribution in [2.75, 3.05) is 7.11 Å². The van der Waals surface area contributed by atoms with Crippen LogP contribution in [0, 0.1) is 28.1 Å². The molecule has 0 radical (unpaired) electrons. The summed E-state index contributed by atoms with van der Waals surface area (Å²) in [6.45, 7) is 14.1. The van der Waals surface area contributed by atoms with Crippen LogP contribution in [-0.4, -0.2) is 66.9 Å². The van der Waals surface area contributed by atoms with Crippen molar-refractivity contribution in [3.63, 3.8) is 0 Å². The summed E-state index contributed by atoms with van der Waals surface area (Å²) >= 11 is 0. The fourth-order valence-corrected chi connectivity index (χ4v) is 9.30. The van der Waals surface area contributed by atoms with Crippen LogP contribution in [0.25, 0.3) is 0 Å². The van der Waals surface area contributed by atoms with Crippen molar-refractivity contribution >= 4 is 24.2 Å². The number of allylic oxidation sites excluding steroid dienone is 1. The number of hydrogen-bond donors (Lipinski definition) is 1. The third-order valence-corrected chi connectivity index (χ3v) is 11.2. The lowest BCUT2D eigenvalue weighted by atomic mass is 9.39. The molecule has 11 atom stereocenters. The first-order valence-electron chi connectivity index (χ1n) is 14.8. The lowest BCUT2D eigenvalue weighted by molar-refractivity contribution is -0.279. The van der Waals surface area contributed by atoms with Crippen LogP contribution in [0.4, 0.5) is 0 Å². The van der Waals surface area contributed by atoms with Crippen LogP contribution in [0.3, 0.4) is 0 Å². The summed E-state index contributed by atoms with van der Waals surface area (Å²) in [5, 5.41) is 11.5. The lowest BCUT2D eigenvalue weighted by Gasteiger charge is -2.66. The van der Waals surface area contributed by atoms with E-state index in [4.69, 9.17) is 23.4 Å². The molecule has 5 rings (SSSR count). The topological polar surface area (TPSA) is 139 Å². The van der Waals surface area contributed by atoms with Crippen LogP contribution in [0.5, 0.6) is 0 Å². The Labute approximate surface area is 251 Å². The average molecular weight is 599 g/mol. The molecule has 1 saturated heterocycles. The van der Waals surface area contributed by atoms with E-state index < -0.39 is 70.4 Å². The number of aliphatic hydroxyl groups excluding tert-OH is 1. The highest BCUT2D eigenvalue weighted by molar-refractivity contribution is 5.87. The number of carbonyl (C=O) groups excluding carboxylic acids is 4. The number of fused-ring (bicyclic) bond motifs is 4. The zero-order chi connectivity index (χ0) is 31.6. The maximum atomic E-state index is 13.2. The minimum Gasteiger partial charge on any atom is -0.472 e. The van der Waals surface area contributed by atoms with E-state index in [0.29, 0.717) is 12.7 Å². The second-order valence-electron chi connectivity index (χ2n) is 13.4. The van der Waals surface area contributed by atoms with E-state index in [1.54, 1.807) is 19.5 Å². The Balaban J connectivity index is 1.79. The predicted octanol–water partition coefficient (Wildman–Crippen LogP) is 4.06. The minimum absolute atomic E-state index is 0.0125. The third kappa shape index (κ3) is 4.43. The summed E-state index contributed by atoms with van der Waals surface area (Å²) < 4.78 is 29.6. The number of rotatable bonds is 7. The van der Waals surface area contributed by atoms with Gasteiger partial charge in [0.2, 0.25) is 0 Å². The van der Waals surface area contributed by atoms with E-state index in [0.717, 1.165) is 16.7 Å². The third-order valence-electron chi connectivity index (χ3n) is 11.2. The molecule has 0 aromatic carbocycles. The van der Waals surface area contributed by atoms with Crippen LogP contribution in [0.2, 0.25) is 0 Å². The first-order chi connectivity index (χ1) is 20.2. The molecule has 1 N–H and O–H groups in total. The van der Waals surface area contributed by atoms with Gasteiger partial charge in [-0.25, -0.2) is 4.79 Å². The number of aldehydes is 1. The fraction of sp³-hybridized carbons (Fsp3) is 0.636. The first kappa shape index (κ1) is 31.2. The number of aliphatic hydroxyl groups is 1. The monoisotopic (exact) mass is 598 g/mol. The molecule has 0 unspecified atom stereocenters. The molecule has 3 fully saturated rings. The van der Waals surface area contributed by atoms with Gasteiger partial charge in [-0.2, -0.15) is 0 Å². The summed E-state index contributed by atoms with van der Waals surface area (Å²) in [6.07, 6.45) is 0.194. The number of esters is 3. The van der Waals surface area contributed by atoms with Gasteiger partial charge in [0.05, 0.1) is 37.3 Å². The largest absolute Gasteiger partial charge is 0.472 e. The molecule has 43 heavy (non-hydrogen) atoms. The van der Waals surface area contributed by atoms with Gasteiger partial charge in [0.25, 0.3) is 0 Å². The van der Waals surface area contributed by atoms with Crippen molar-refractivity contribution < 1.29 is 47.6 Å². The molecule has 0 spiro atoms. The van der Waals surface area contributed by atoms with Gasteiger partial charge in [0.15, 0.2) is 0 Å². The quantitative estimate of drug-likeness (QED) is 0.161. The Morgan fingerprint density at radius 1 is 1.16 bits per heavy atom. The van der Waals surface area contributed by atoms with E-state index >= 15 is 0 Å². The molecule has 0 bridgehead atoms. The molecule has 1 aliphatic heterocycles. The van der Waals surface area contributed by atoms with Crippen molar-refractivity contribution in [3.05, 3.63) is 47.5 Å². The van der Waals surface area contributed by atoms with Gasteiger partial charge in [0, 0.05) is 48.0 Å². The Bertz CT molecular complexity index is 1360. The van der Waals surface area contributed by atoms with Gasteiger partial charge in [-0.15, -0.1) is 0 Å². The van der Waals surface area contributed by atoms with Gasteiger partial charge in [-0.05, 0) is 50.3 Å². The van der Waals surface area contributed by atoms with Crippen molar-refractivity contribution in [1.29, 1.82) is 0 Å². The number of ether oxygens (including phenoxy) is 4. The van der Waals surface area contributed by atoms with E-state index in [-0.39, 0.29) is 30.4 Å². The summed E-state index contributed by atoms with van der Waals surface area (Å²) in [5.74, 6) is -3.19. The van der Waals surface area contributed by atoms with Crippen molar-refractivity contribution in [1.82, 2.24) is 0 Å². The van der Waals surface area contributed by atoms with Crippen molar-refractivity contribution in [3.8, 4) is 0 Å². The highest BCUT2D eigenvalue weighted by atomic mass is 16.6. The van der Waals surface area contributed by atoms with E-state index in [2.05, 4.69) is 6.58 Å². The molecule has 4 aliphatic rings. The number of hydrogen-bond acceptors (Lipinski definition) is 10. The Hall–Kier alpha value is -3.24. The molecule has 3 aliphatic carbocycles. The smallest absolute Gasteiger partial charge is 0.333 e. The summed E-state index contributed by atoms with van der Waals surface area (Å²) in [4.78, 5) is 51.9. The SMILES string of the molecule is C=C(C)C(=O)O[C@H]1C[C@@H](O)[C@@](C)(C=O)[C@@H]2[C@@H](OC(C)=O)[C@H]3O[C@@H]4C[C@@H](c5ccoc5)C(C)=C4[C@@]3(C)[C@H](CC(=O)OC)[C@@]12C. The number of carbonyl (C=O) groups is 4. The molecule has 1 aromatic heterocycles. The van der Waals surface area contributed by atoms with Crippen molar-refractivity contribution in [2.24, 2.45) is 28.1 Å². The van der Waals surface area contributed by atoms with Crippen molar-refractivity contribution in [2.45, 2.75) is 97.2 Å². The Kier molecular flexibility index (Phi) is 7.79. The van der Waals surface area contributed by atoms with E-state index in [1.807, 2.05) is 26.8 Å². The Morgan fingerprint density at radius 2 is 1.86 bits per heavy atom. The molecule has 2 saturated carbocycles. The lowest BCUT2D eigenvalue weighted by Crippen LogP contribution is -2.73. The van der Waals surface area contributed by atoms with Gasteiger partial charge in [-0.1, -0.05) is 26.0 Å². The maximum absolute atomic E-state index is 13.2. The van der Waals surface area contributed by atoms with Crippen LogP contribution < -0.4 is 0 Å². The minimum atomic E-state index is -1.43. The summed E-state index contributed by atoms with van der Waals surface area (Å²) in [5.41, 5.74) is -0.267. The highest BCUT2D eigenvalue weighted by Gasteiger charge is 2.76. The molecule has 2 heterocycles. The van der Waals surface area contributed by atoms with Crippen LogP contribution in [0.1, 0.15) is 72.3 Å². The molecular weight excluding hydrogens is 556 g/mol. The molecular formula is C33H42O10. The number of methoxy groups -OCH3 is 1. The second kappa shape index (κ2) is 10.7. The maximum Gasteiger partial charge on any atom is 0.333 e. The van der Waals surface area contributed by atoms with E-state index in [9.17, 15) is 24.3 Å². The summed E-state index contributed by atoms with van der Waals surface area (Å²) in [7, 11) is 1.31. The Morgan fingerprint density at radius 3 is 2.42 bits per heavy atom. The van der Waals surface area contributed by atoms with Crippen LogP contribution in [0.15, 0.2) is 46.3 Å². The standard InChI is InChI=1S/C33H42O10/c1-16(2)30(38)43-24-13-23(36)31(5,15-34)28-27(41-18(4)35)29-33(7,22(32(24,28)6)12-25(37)39-8)26-17(3)20(11-21(26)42-29)19-9-10-40-14-19/h9-10,14-15,20-24,27-29,36H,1,11-13H2,2-8H3/t20-,21-,22-,23-,24+,27-,28+,29-,31-,32+,33-/m1/s1.